The zero-order valence-electron chi connectivity index (χ0n) is 12.9. The summed E-state index contributed by atoms with van der Waals surface area (Å²) in [4.78, 5) is 0. The van der Waals surface area contributed by atoms with Crippen molar-refractivity contribution >= 4 is 8.88 Å². The van der Waals surface area contributed by atoms with E-state index in [1.54, 1.807) is 0 Å². The van der Waals surface area contributed by atoms with Gasteiger partial charge in [0.25, 0.3) is 0 Å². The Morgan fingerprint density at radius 2 is 1.79 bits per heavy atom. The first-order chi connectivity index (χ1) is 8.95. The van der Waals surface area contributed by atoms with Gasteiger partial charge < -0.3 is 8.85 Å². The minimum absolute atomic E-state index is 0.497. The van der Waals surface area contributed by atoms with Crippen LogP contribution in [0.15, 0.2) is 0 Å². The van der Waals surface area contributed by atoms with Gasteiger partial charge in [-0.2, -0.15) is 0 Å². The second-order valence-corrected chi connectivity index (χ2v) is 9.90. The molecule has 3 aliphatic heterocycles. The highest BCUT2D eigenvalue weighted by Gasteiger charge is 2.66. The van der Waals surface area contributed by atoms with Crippen LogP contribution in [0.3, 0.4) is 0 Å². The molecule has 19 heavy (non-hydrogen) atoms. The molecule has 0 aromatic carbocycles. The normalized spacial score (nSPS) is 44.1. The largest absolute Gasteiger partial charge is 0.523 e. The molecule has 110 valence electrons. The molecular weight excluding hydrogens is 256 g/mol. The Labute approximate surface area is 118 Å². The van der Waals surface area contributed by atoms with Crippen molar-refractivity contribution < 1.29 is 8.85 Å². The highest BCUT2D eigenvalue weighted by molar-refractivity contribution is 6.63. The van der Waals surface area contributed by atoms with Crippen molar-refractivity contribution in [3.63, 3.8) is 0 Å². The van der Waals surface area contributed by atoms with Gasteiger partial charge in [-0.25, -0.2) is 0 Å². The molecule has 3 aliphatic rings. The molecule has 0 saturated carbocycles. The van der Waals surface area contributed by atoms with Crippen LogP contribution < -0.4 is 0 Å². The van der Waals surface area contributed by atoms with Crippen LogP contribution in [0.2, 0.25) is 0 Å². The number of hydrogen-bond acceptors (Lipinski definition) is 4. The van der Waals surface area contributed by atoms with Crippen molar-refractivity contribution in [1.29, 1.82) is 0 Å². The van der Waals surface area contributed by atoms with Gasteiger partial charge >= 0.3 is 8.88 Å². The van der Waals surface area contributed by atoms with Crippen molar-refractivity contribution in [1.82, 2.24) is 9.13 Å². The zero-order valence-corrected chi connectivity index (χ0v) is 13.9. The van der Waals surface area contributed by atoms with E-state index in [4.69, 9.17) is 8.85 Å². The van der Waals surface area contributed by atoms with E-state index in [1.807, 2.05) is 0 Å². The van der Waals surface area contributed by atoms with E-state index in [0.29, 0.717) is 24.0 Å². The highest BCUT2D eigenvalue weighted by Crippen LogP contribution is 2.42. The van der Waals surface area contributed by atoms with E-state index in [2.05, 4.69) is 43.7 Å². The minimum atomic E-state index is -2.29. The van der Waals surface area contributed by atoms with Crippen LogP contribution in [-0.4, -0.2) is 55.9 Å². The van der Waals surface area contributed by atoms with Crippen molar-refractivity contribution in [2.45, 2.75) is 59.2 Å². The monoisotopic (exact) mass is 284 g/mol. The predicted molar refractivity (Wildman–Crippen MR) is 77.5 cm³/mol. The van der Waals surface area contributed by atoms with Crippen LogP contribution in [0.1, 0.15) is 41.0 Å². The topological polar surface area (TPSA) is 24.9 Å². The van der Waals surface area contributed by atoms with Crippen LogP contribution >= 0.6 is 0 Å². The molecule has 3 saturated heterocycles. The summed E-state index contributed by atoms with van der Waals surface area (Å²) in [6, 6.07) is 1.62. The van der Waals surface area contributed by atoms with Crippen LogP contribution in [0.5, 0.6) is 0 Å². The van der Waals surface area contributed by atoms with Gasteiger partial charge in [0.15, 0.2) is 0 Å². The summed E-state index contributed by atoms with van der Waals surface area (Å²) in [7, 11) is -2.29. The fourth-order valence-electron chi connectivity index (χ4n) is 4.07. The highest BCUT2D eigenvalue weighted by atomic mass is 28.4. The number of fused-ring (bicyclic) bond motifs is 2. The van der Waals surface area contributed by atoms with E-state index in [0.717, 1.165) is 25.7 Å². The van der Waals surface area contributed by atoms with Crippen LogP contribution in [0, 0.1) is 11.8 Å². The van der Waals surface area contributed by atoms with Crippen molar-refractivity contribution in [3.8, 4) is 0 Å². The lowest BCUT2D eigenvalue weighted by Crippen LogP contribution is -2.66. The predicted octanol–water partition coefficient (Wildman–Crippen LogP) is 1.93. The van der Waals surface area contributed by atoms with Crippen molar-refractivity contribution in [2.24, 2.45) is 11.8 Å². The van der Waals surface area contributed by atoms with Gasteiger partial charge in [-0.1, -0.05) is 34.6 Å². The Morgan fingerprint density at radius 1 is 1.11 bits per heavy atom. The number of rotatable bonds is 2. The maximum Gasteiger partial charge on any atom is 0.523 e. The smallest absolute Gasteiger partial charge is 0.369 e. The summed E-state index contributed by atoms with van der Waals surface area (Å²) in [6.45, 7) is 14.4. The standard InChI is InChI=1S/C14H28N2O2Si/c1-10(2)14-9-18-19(16(14)11(3)4)15-7-12(5)6-13(15)8-17-19/h10-14H,6-9H2,1-5H3. The summed E-state index contributed by atoms with van der Waals surface area (Å²) in [5.41, 5.74) is 0. The van der Waals surface area contributed by atoms with Gasteiger partial charge in [-0.05, 0) is 24.8 Å². The van der Waals surface area contributed by atoms with Crippen LogP contribution in [0.4, 0.5) is 0 Å². The number of hydrogen-bond donors (Lipinski definition) is 0. The van der Waals surface area contributed by atoms with E-state index >= 15 is 0 Å². The Bertz CT molecular complexity index is 352. The van der Waals surface area contributed by atoms with Gasteiger partial charge in [-0.3, -0.25) is 9.13 Å². The second kappa shape index (κ2) is 4.81. The summed E-state index contributed by atoms with van der Waals surface area (Å²) >= 11 is 0. The molecule has 3 fully saturated rings. The molecule has 0 N–H and O–H groups in total. The third-order valence-electron chi connectivity index (χ3n) is 4.90. The molecule has 3 rings (SSSR count). The third kappa shape index (κ3) is 2.02. The van der Waals surface area contributed by atoms with Gasteiger partial charge in [0.2, 0.25) is 0 Å². The lowest BCUT2D eigenvalue weighted by molar-refractivity contribution is 0.159. The third-order valence-corrected chi connectivity index (χ3v) is 8.76. The van der Waals surface area contributed by atoms with Crippen molar-refractivity contribution in [3.05, 3.63) is 0 Å². The molecule has 0 aromatic heterocycles. The first-order valence-corrected chi connectivity index (χ1v) is 9.50. The molecule has 5 heteroatoms. The lowest BCUT2D eigenvalue weighted by atomic mass is 10.0. The molecular formula is C14H28N2O2Si. The van der Waals surface area contributed by atoms with Gasteiger partial charge in [-0.15, -0.1) is 0 Å². The molecule has 4 unspecified atom stereocenters. The molecule has 0 amide bonds. The lowest BCUT2D eigenvalue weighted by Gasteiger charge is -2.40. The van der Waals surface area contributed by atoms with Crippen LogP contribution in [-0.2, 0) is 8.85 Å². The summed E-state index contributed by atoms with van der Waals surface area (Å²) in [5.74, 6) is 1.41. The van der Waals surface area contributed by atoms with Crippen LogP contribution in [0.25, 0.3) is 0 Å². The summed E-state index contributed by atoms with van der Waals surface area (Å²) < 4.78 is 17.9. The molecule has 0 radical (unpaired) electrons. The Kier molecular flexibility index (Phi) is 3.55. The Hall–Kier alpha value is 0.0569. The van der Waals surface area contributed by atoms with E-state index in [1.165, 1.54) is 6.42 Å². The molecule has 0 aliphatic carbocycles. The average Bonchev–Trinajstić information content (AvgIpc) is 2.95. The van der Waals surface area contributed by atoms with E-state index < -0.39 is 8.88 Å². The quantitative estimate of drug-likeness (QED) is 0.724. The van der Waals surface area contributed by atoms with Gasteiger partial charge in [0.1, 0.15) is 0 Å². The summed E-state index contributed by atoms with van der Waals surface area (Å²) in [6.07, 6.45) is 1.27. The van der Waals surface area contributed by atoms with E-state index in [9.17, 15) is 0 Å². The Balaban J connectivity index is 1.90. The molecule has 4 nitrogen and oxygen atoms in total. The summed E-state index contributed by atoms with van der Waals surface area (Å²) in [5, 5.41) is 0. The fourth-order valence-corrected chi connectivity index (χ4v) is 8.51. The Morgan fingerprint density at radius 3 is 2.42 bits per heavy atom. The fraction of sp³-hybridized carbons (Fsp3) is 1.00. The molecule has 3 heterocycles. The minimum Gasteiger partial charge on any atom is -0.369 e. The molecule has 0 aromatic rings. The van der Waals surface area contributed by atoms with Crippen molar-refractivity contribution in [2.75, 3.05) is 19.8 Å². The van der Waals surface area contributed by atoms with E-state index in [-0.39, 0.29) is 0 Å². The molecule has 4 atom stereocenters. The average molecular weight is 284 g/mol. The van der Waals surface area contributed by atoms with Gasteiger partial charge in [0, 0.05) is 18.1 Å². The maximum atomic E-state index is 6.38. The first kappa shape index (κ1) is 14.0. The molecule has 1 spiro atoms. The molecule has 0 bridgehead atoms. The second-order valence-electron chi connectivity index (χ2n) is 7.13. The zero-order chi connectivity index (χ0) is 13.8. The number of nitrogens with zero attached hydrogens (tertiary/aromatic N) is 2. The SMILES string of the molecule is CC1CC2CO[Si]3(OCC(C(C)C)N3C(C)C)N2C1. The van der Waals surface area contributed by atoms with Gasteiger partial charge in [0.05, 0.1) is 13.2 Å². The maximum absolute atomic E-state index is 6.38. The first-order valence-electron chi connectivity index (χ1n) is 7.78.